The van der Waals surface area contributed by atoms with Gasteiger partial charge in [0.1, 0.15) is 11.5 Å². The number of nitrogens with zero attached hydrogens (tertiary/aromatic N) is 1. The van der Waals surface area contributed by atoms with E-state index in [9.17, 15) is 4.39 Å². The molecule has 6 heteroatoms. The summed E-state index contributed by atoms with van der Waals surface area (Å²) in [5, 5.41) is 3.42. The van der Waals surface area contributed by atoms with E-state index in [1.165, 1.54) is 7.11 Å². The van der Waals surface area contributed by atoms with Gasteiger partial charge in [-0.15, -0.1) is 0 Å². The molecule has 0 amide bonds. The lowest BCUT2D eigenvalue weighted by Crippen LogP contribution is -2.33. The minimum Gasteiger partial charge on any atom is -0.497 e. The van der Waals surface area contributed by atoms with Crippen molar-refractivity contribution in [2.75, 3.05) is 47.5 Å². The van der Waals surface area contributed by atoms with Crippen LogP contribution in [0.4, 0.5) is 4.39 Å². The molecule has 0 aliphatic carbocycles. The smallest absolute Gasteiger partial charge is 0.165 e. The van der Waals surface area contributed by atoms with Crippen LogP contribution in [-0.4, -0.2) is 52.4 Å². The number of halogens is 1. The van der Waals surface area contributed by atoms with Crippen molar-refractivity contribution >= 4 is 0 Å². The highest BCUT2D eigenvalue weighted by molar-refractivity contribution is 5.47. The molecule has 1 fully saturated rings. The van der Waals surface area contributed by atoms with Gasteiger partial charge < -0.3 is 19.5 Å². The average Bonchev–Trinajstić information content (AvgIpc) is 2.97. The number of ether oxygens (including phenoxy) is 3. The number of rotatable bonds is 6. The van der Waals surface area contributed by atoms with Crippen molar-refractivity contribution < 1.29 is 18.6 Å². The maximum absolute atomic E-state index is 14.5. The second kappa shape index (κ2) is 9.06. The van der Waals surface area contributed by atoms with Crippen LogP contribution in [0.2, 0.25) is 0 Å². The summed E-state index contributed by atoms with van der Waals surface area (Å²) in [6.45, 7) is 3.64. The summed E-state index contributed by atoms with van der Waals surface area (Å²) >= 11 is 0. The Hall–Kier alpha value is -2.31. The number of hydrogen-bond donors (Lipinski definition) is 1. The van der Waals surface area contributed by atoms with Gasteiger partial charge in [-0.05, 0) is 48.9 Å². The molecule has 1 N–H and O–H groups in total. The zero-order valence-electron chi connectivity index (χ0n) is 16.1. The van der Waals surface area contributed by atoms with Crippen molar-refractivity contribution in [3.05, 3.63) is 53.3 Å². The third kappa shape index (κ3) is 4.34. The van der Waals surface area contributed by atoms with Crippen molar-refractivity contribution in [1.29, 1.82) is 0 Å². The first-order chi connectivity index (χ1) is 13.2. The second-order valence-electron chi connectivity index (χ2n) is 6.54. The fraction of sp³-hybridized carbons (Fsp3) is 0.429. The average molecular weight is 374 g/mol. The Kier molecular flexibility index (Phi) is 6.53. The van der Waals surface area contributed by atoms with E-state index in [-0.39, 0.29) is 17.6 Å². The Labute approximate surface area is 160 Å². The van der Waals surface area contributed by atoms with E-state index in [0.29, 0.717) is 0 Å². The van der Waals surface area contributed by atoms with Crippen LogP contribution in [0.25, 0.3) is 0 Å². The molecular formula is C21H27FN2O3. The molecule has 2 aromatic carbocycles. The molecule has 3 rings (SSSR count). The van der Waals surface area contributed by atoms with E-state index in [1.54, 1.807) is 26.4 Å². The number of methoxy groups -OCH3 is 3. The fourth-order valence-corrected chi connectivity index (χ4v) is 3.62. The van der Waals surface area contributed by atoms with Gasteiger partial charge in [-0.25, -0.2) is 4.39 Å². The summed E-state index contributed by atoms with van der Waals surface area (Å²) in [4.78, 5) is 2.36. The maximum atomic E-state index is 14.5. The Morgan fingerprint density at radius 2 is 1.70 bits per heavy atom. The SMILES string of the molecule is COc1ccc(OC)c(C(c2ccc(OC)c(F)c2)N2CCCNCC2)c1. The first-order valence-electron chi connectivity index (χ1n) is 9.18. The first kappa shape index (κ1) is 19.5. The molecule has 1 heterocycles. The van der Waals surface area contributed by atoms with Crippen LogP contribution < -0.4 is 19.5 Å². The lowest BCUT2D eigenvalue weighted by atomic mass is 9.95. The standard InChI is InChI=1S/C21H27FN2O3/c1-25-16-6-8-19(26-2)17(14-16)21(24-11-4-9-23-10-12-24)15-5-7-20(27-3)18(22)13-15/h5-8,13-14,21,23H,4,9-12H2,1-3H3. The quantitative estimate of drug-likeness (QED) is 0.841. The van der Waals surface area contributed by atoms with E-state index in [4.69, 9.17) is 14.2 Å². The Balaban J connectivity index is 2.11. The first-order valence-corrected chi connectivity index (χ1v) is 9.18. The van der Waals surface area contributed by atoms with Crippen LogP contribution in [0.1, 0.15) is 23.6 Å². The normalized spacial score (nSPS) is 16.4. The number of nitrogens with one attached hydrogen (secondary N) is 1. The Bertz CT molecular complexity index is 761. The summed E-state index contributed by atoms with van der Waals surface area (Å²) in [7, 11) is 4.77. The molecular weight excluding hydrogens is 347 g/mol. The van der Waals surface area contributed by atoms with Crippen LogP contribution in [0, 0.1) is 5.82 Å². The molecule has 1 unspecified atom stereocenters. The predicted octanol–water partition coefficient (Wildman–Crippen LogP) is 3.24. The Morgan fingerprint density at radius 3 is 2.41 bits per heavy atom. The monoisotopic (exact) mass is 374 g/mol. The van der Waals surface area contributed by atoms with Gasteiger partial charge in [0.05, 0.1) is 27.4 Å². The summed E-state index contributed by atoms with van der Waals surface area (Å²) < 4.78 is 30.6. The minimum atomic E-state index is -0.366. The summed E-state index contributed by atoms with van der Waals surface area (Å²) in [6, 6.07) is 10.8. The van der Waals surface area contributed by atoms with Gasteiger partial charge in [-0.1, -0.05) is 6.07 Å². The van der Waals surface area contributed by atoms with Gasteiger partial charge in [0.15, 0.2) is 11.6 Å². The van der Waals surface area contributed by atoms with Gasteiger partial charge in [-0.3, -0.25) is 4.90 Å². The fourth-order valence-electron chi connectivity index (χ4n) is 3.62. The van der Waals surface area contributed by atoms with Gasteiger partial charge in [0.2, 0.25) is 0 Å². The van der Waals surface area contributed by atoms with Gasteiger partial charge in [-0.2, -0.15) is 0 Å². The molecule has 0 aromatic heterocycles. The third-order valence-electron chi connectivity index (χ3n) is 4.96. The Morgan fingerprint density at radius 1 is 0.926 bits per heavy atom. The van der Waals surface area contributed by atoms with E-state index in [2.05, 4.69) is 10.2 Å². The molecule has 0 radical (unpaired) electrons. The van der Waals surface area contributed by atoms with Crippen molar-refractivity contribution in [1.82, 2.24) is 10.2 Å². The van der Waals surface area contributed by atoms with Gasteiger partial charge in [0, 0.05) is 25.2 Å². The van der Waals surface area contributed by atoms with Crippen molar-refractivity contribution in [3.8, 4) is 17.2 Å². The summed E-state index contributed by atoms with van der Waals surface area (Å²) in [5.41, 5.74) is 1.82. The van der Waals surface area contributed by atoms with Crippen LogP contribution in [-0.2, 0) is 0 Å². The highest BCUT2D eigenvalue weighted by Gasteiger charge is 2.27. The largest absolute Gasteiger partial charge is 0.497 e. The molecule has 1 aliphatic rings. The van der Waals surface area contributed by atoms with Crippen LogP contribution in [0.15, 0.2) is 36.4 Å². The minimum absolute atomic E-state index is 0.143. The zero-order chi connectivity index (χ0) is 19.2. The lowest BCUT2D eigenvalue weighted by molar-refractivity contribution is 0.235. The summed E-state index contributed by atoms with van der Waals surface area (Å²) in [6.07, 6.45) is 1.03. The van der Waals surface area contributed by atoms with Gasteiger partial charge in [0.25, 0.3) is 0 Å². The van der Waals surface area contributed by atoms with E-state index < -0.39 is 0 Å². The molecule has 5 nitrogen and oxygen atoms in total. The van der Waals surface area contributed by atoms with E-state index in [0.717, 1.165) is 55.2 Å². The van der Waals surface area contributed by atoms with E-state index >= 15 is 0 Å². The van der Waals surface area contributed by atoms with Crippen molar-refractivity contribution in [2.24, 2.45) is 0 Å². The predicted molar refractivity (Wildman–Crippen MR) is 103 cm³/mol. The summed E-state index contributed by atoms with van der Waals surface area (Å²) in [5.74, 6) is 1.38. The van der Waals surface area contributed by atoms with Crippen LogP contribution in [0.3, 0.4) is 0 Å². The highest BCUT2D eigenvalue weighted by atomic mass is 19.1. The molecule has 27 heavy (non-hydrogen) atoms. The van der Waals surface area contributed by atoms with E-state index in [1.807, 2.05) is 24.3 Å². The third-order valence-corrected chi connectivity index (χ3v) is 4.96. The highest BCUT2D eigenvalue weighted by Crippen LogP contribution is 2.38. The van der Waals surface area contributed by atoms with Crippen molar-refractivity contribution in [2.45, 2.75) is 12.5 Å². The molecule has 1 aliphatic heterocycles. The van der Waals surface area contributed by atoms with Gasteiger partial charge >= 0.3 is 0 Å². The molecule has 0 saturated carbocycles. The zero-order valence-corrected chi connectivity index (χ0v) is 16.1. The molecule has 1 atom stereocenters. The second-order valence-corrected chi connectivity index (χ2v) is 6.54. The maximum Gasteiger partial charge on any atom is 0.165 e. The van der Waals surface area contributed by atoms with Crippen LogP contribution >= 0.6 is 0 Å². The topological polar surface area (TPSA) is 43.0 Å². The van der Waals surface area contributed by atoms with Crippen molar-refractivity contribution in [3.63, 3.8) is 0 Å². The number of hydrogen-bond acceptors (Lipinski definition) is 5. The molecule has 0 bridgehead atoms. The lowest BCUT2D eigenvalue weighted by Gasteiger charge is -2.32. The number of benzene rings is 2. The van der Waals surface area contributed by atoms with Crippen LogP contribution in [0.5, 0.6) is 17.2 Å². The molecule has 146 valence electrons. The molecule has 1 saturated heterocycles. The molecule has 2 aromatic rings. The molecule has 0 spiro atoms.